The van der Waals surface area contributed by atoms with E-state index in [9.17, 15) is 19.1 Å². The molecule has 3 N–H and O–H groups in total. The molecule has 0 aliphatic carbocycles. The number of amides is 1. The summed E-state index contributed by atoms with van der Waals surface area (Å²) in [6.45, 7) is 3.10. The standard InChI is InChI=1S/C24H24FNO4S/c1-14(16-4-6-17(7-5-16)24(28)29)31-20(12-15-2-8-18(25)9-3-15)22(23(26)27)19-10-11-30-13-21(19)31/h2-9,14,31H,10-13H2,1H3,(H2,26,27)(H,28,29)/t14-/m1/s1. The van der Waals surface area contributed by atoms with E-state index in [1.165, 1.54) is 12.1 Å². The number of aromatic carboxylic acids is 1. The van der Waals surface area contributed by atoms with E-state index in [0.717, 1.165) is 26.5 Å². The lowest BCUT2D eigenvalue weighted by molar-refractivity contribution is -0.114. The van der Waals surface area contributed by atoms with Gasteiger partial charge >= 0.3 is 5.97 Å². The largest absolute Gasteiger partial charge is 0.478 e. The van der Waals surface area contributed by atoms with Gasteiger partial charge in [-0.15, -0.1) is 0 Å². The number of ether oxygens (including phenoxy) is 1. The average Bonchev–Trinajstić information content (AvgIpc) is 3.08. The Morgan fingerprint density at radius 2 is 1.84 bits per heavy atom. The van der Waals surface area contributed by atoms with Gasteiger partial charge in [0.1, 0.15) is 5.82 Å². The highest BCUT2D eigenvalue weighted by molar-refractivity contribution is 8.24. The van der Waals surface area contributed by atoms with Gasteiger partial charge in [-0.25, -0.2) is 9.18 Å². The van der Waals surface area contributed by atoms with E-state index >= 15 is 0 Å². The van der Waals surface area contributed by atoms with E-state index in [1.54, 1.807) is 24.3 Å². The molecule has 162 valence electrons. The minimum atomic E-state index is -0.968. The van der Waals surface area contributed by atoms with Gasteiger partial charge in [0, 0.05) is 11.7 Å². The second kappa shape index (κ2) is 8.69. The van der Waals surface area contributed by atoms with Crippen molar-refractivity contribution >= 4 is 22.8 Å². The number of carbonyl (C=O) groups is 2. The third-order valence-electron chi connectivity index (χ3n) is 5.81. The number of nitrogens with two attached hydrogens (primary N) is 1. The summed E-state index contributed by atoms with van der Waals surface area (Å²) in [6, 6.07) is 13.2. The Bertz CT molecular complexity index is 1090. The number of primary amides is 1. The number of carbonyl (C=O) groups excluding carboxylic acids is 1. The molecule has 2 aliphatic heterocycles. The minimum absolute atomic E-state index is 0.0387. The first-order valence-corrected chi connectivity index (χ1v) is 11.5. The van der Waals surface area contributed by atoms with Crippen LogP contribution in [0.4, 0.5) is 4.39 Å². The molecule has 0 radical (unpaired) electrons. The van der Waals surface area contributed by atoms with Crippen molar-refractivity contribution in [2.75, 3.05) is 13.2 Å². The Kier molecular flexibility index (Phi) is 5.98. The molecule has 1 amide bonds. The van der Waals surface area contributed by atoms with E-state index in [2.05, 4.69) is 6.92 Å². The van der Waals surface area contributed by atoms with Crippen molar-refractivity contribution in [3.63, 3.8) is 0 Å². The van der Waals surface area contributed by atoms with Crippen LogP contribution in [0.3, 0.4) is 0 Å². The summed E-state index contributed by atoms with van der Waals surface area (Å²) in [4.78, 5) is 25.8. The monoisotopic (exact) mass is 441 g/mol. The molecule has 5 nitrogen and oxygen atoms in total. The van der Waals surface area contributed by atoms with Crippen LogP contribution in [0.25, 0.3) is 0 Å². The SMILES string of the molecule is C[C@H](c1ccc(C(=O)O)cc1)[SH]1C2=C(CCOC2)C(C(N)=O)=C1Cc1ccc(F)cc1. The Hall–Kier alpha value is -2.90. The average molecular weight is 442 g/mol. The van der Waals surface area contributed by atoms with Crippen LogP contribution < -0.4 is 5.73 Å². The Labute approximate surface area is 182 Å². The number of hydrogen-bond donors (Lipinski definition) is 3. The van der Waals surface area contributed by atoms with Gasteiger partial charge in [0.25, 0.3) is 0 Å². The van der Waals surface area contributed by atoms with Crippen LogP contribution in [0.15, 0.2) is 69.5 Å². The van der Waals surface area contributed by atoms with Gasteiger partial charge in [-0.2, -0.15) is 10.9 Å². The van der Waals surface area contributed by atoms with Gasteiger partial charge in [0.15, 0.2) is 0 Å². The van der Waals surface area contributed by atoms with Crippen LogP contribution in [0.1, 0.15) is 40.1 Å². The summed E-state index contributed by atoms with van der Waals surface area (Å²) in [6.07, 6.45) is 1.15. The molecular formula is C24H24FNO4S. The fraction of sp³-hybridized carbons (Fsp3) is 0.250. The minimum Gasteiger partial charge on any atom is -0.478 e. The maximum Gasteiger partial charge on any atom is 0.335 e. The number of carboxylic acid groups (broad SMARTS) is 1. The van der Waals surface area contributed by atoms with Gasteiger partial charge in [-0.3, -0.25) is 4.79 Å². The van der Waals surface area contributed by atoms with Gasteiger partial charge in [0.05, 0.1) is 24.4 Å². The second-order valence-electron chi connectivity index (χ2n) is 7.69. The van der Waals surface area contributed by atoms with Crippen LogP contribution in [-0.4, -0.2) is 30.2 Å². The molecule has 0 bridgehead atoms. The number of rotatable bonds is 6. The highest BCUT2D eigenvalue weighted by Crippen LogP contribution is 2.63. The molecule has 0 saturated heterocycles. The molecule has 0 spiro atoms. The number of carboxylic acids is 1. The van der Waals surface area contributed by atoms with Crippen molar-refractivity contribution < 1.29 is 23.8 Å². The maximum atomic E-state index is 13.4. The number of halogens is 1. The topological polar surface area (TPSA) is 89.6 Å². The van der Waals surface area contributed by atoms with E-state index in [0.29, 0.717) is 31.6 Å². The summed E-state index contributed by atoms with van der Waals surface area (Å²) in [5, 5.41) is 9.23. The quantitative estimate of drug-likeness (QED) is 0.585. The zero-order valence-corrected chi connectivity index (χ0v) is 18.0. The molecule has 1 unspecified atom stereocenters. The fourth-order valence-electron chi connectivity index (χ4n) is 4.30. The van der Waals surface area contributed by atoms with Gasteiger partial charge in [-0.05, 0) is 57.2 Å². The molecule has 2 aromatic rings. The van der Waals surface area contributed by atoms with Crippen LogP contribution in [0.5, 0.6) is 0 Å². The molecular weight excluding hydrogens is 417 g/mol. The number of allylic oxidation sites excluding steroid dienone is 1. The lowest BCUT2D eigenvalue weighted by Gasteiger charge is -2.32. The Balaban J connectivity index is 1.77. The van der Waals surface area contributed by atoms with Crippen molar-refractivity contribution in [3.05, 3.63) is 92.0 Å². The normalized spacial score (nSPS) is 20.5. The number of benzene rings is 2. The van der Waals surface area contributed by atoms with Crippen molar-refractivity contribution in [1.29, 1.82) is 0 Å². The molecule has 31 heavy (non-hydrogen) atoms. The third-order valence-corrected chi connectivity index (χ3v) is 8.83. The highest BCUT2D eigenvalue weighted by atomic mass is 32.2. The second-order valence-corrected chi connectivity index (χ2v) is 10.3. The maximum absolute atomic E-state index is 13.4. The highest BCUT2D eigenvalue weighted by Gasteiger charge is 2.38. The number of hydrogen-bond acceptors (Lipinski definition) is 3. The van der Waals surface area contributed by atoms with Gasteiger partial charge < -0.3 is 15.6 Å². The van der Waals surface area contributed by atoms with E-state index in [1.807, 2.05) is 12.1 Å². The zero-order chi connectivity index (χ0) is 22.1. The van der Waals surface area contributed by atoms with Crippen molar-refractivity contribution in [1.82, 2.24) is 0 Å². The van der Waals surface area contributed by atoms with Crippen LogP contribution in [-0.2, 0) is 16.0 Å². The van der Waals surface area contributed by atoms with Crippen LogP contribution in [0.2, 0.25) is 0 Å². The summed E-state index contributed by atoms with van der Waals surface area (Å²) in [7, 11) is -0.939. The predicted octanol–water partition coefficient (Wildman–Crippen LogP) is 4.26. The summed E-state index contributed by atoms with van der Waals surface area (Å²) in [5.41, 5.74) is 9.58. The third kappa shape index (κ3) is 4.16. The number of thiol groups is 1. The predicted molar refractivity (Wildman–Crippen MR) is 120 cm³/mol. The van der Waals surface area contributed by atoms with Crippen molar-refractivity contribution in [2.24, 2.45) is 5.73 Å². The van der Waals surface area contributed by atoms with Gasteiger partial charge in [-0.1, -0.05) is 31.2 Å². The lowest BCUT2D eigenvalue weighted by atomic mass is 9.98. The van der Waals surface area contributed by atoms with E-state index in [4.69, 9.17) is 10.5 Å². The molecule has 2 heterocycles. The van der Waals surface area contributed by atoms with Gasteiger partial charge in [0.2, 0.25) is 5.91 Å². The van der Waals surface area contributed by atoms with Crippen LogP contribution in [0, 0.1) is 5.82 Å². The first-order valence-electron chi connectivity index (χ1n) is 10.1. The molecule has 4 rings (SSSR count). The van der Waals surface area contributed by atoms with E-state index in [-0.39, 0.29) is 16.6 Å². The van der Waals surface area contributed by atoms with Crippen LogP contribution >= 0.6 is 10.9 Å². The lowest BCUT2D eigenvalue weighted by Crippen LogP contribution is -2.18. The Morgan fingerprint density at radius 1 is 1.16 bits per heavy atom. The van der Waals surface area contributed by atoms with Crippen molar-refractivity contribution in [3.8, 4) is 0 Å². The van der Waals surface area contributed by atoms with E-state index < -0.39 is 22.8 Å². The first kappa shape index (κ1) is 21.3. The first-order chi connectivity index (χ1) is 14.9. The zero-order valence-electron chi connectivity index (χ0n) is 17.1. The van der Waals surface area contributed by atoms with Crippen molar-refractivity contribution in [2.45, 2.75) is 25.0 Å². The molecule has 2 aliphatic rings. The molecule has 2 aromatic carbocycles. The molecule has 0 aromatic heterocycles. The Morgan fingerprint density at radius 3 is 2.45 bits per heavy atom. The smallest absolute Gasteiger partial charge is 0.335 e. The molecule has 0 saturated carbocycles. The summed E-state index contributed by atoms with van der Waals surface area (Å²) >= 11 is 0. The molecule has 0 fully saturated rings. The molecule has 7 heteroatoms. The summed E-state index contributed by atoms with van der Waals surface area (Å²) in [5.74, 6) is -1.71. The fourth-order valence-corrected chi connectivity index (χ4v) is 7.61. The summed E-state index contributed by atoms with van der Waals surface area (Å²) < 4.78 is 19.2. The molecule has 2 atom stereocenters.